The lowest BCUT2D eigenvalue weighted by atomic mass is 9.84. The summed E-state index contributed by atoms with van der Waals surface area (Å²) >= 11 is 0. The van der Waals surface area contributed by atoms with Gasteiger partial charge in [-0.05, 0) is 47.7 Å². The minimum Gasteiger partial charge on any atom is -0.316 e. The van der Waals surface area contributed by atoms with Crippen molar-refractivity contribution >= 4 is 0 Å². The predicted molar refractivity (Wildman–Crippen MR) is 101 cm³/mol. The van der Waals surface area contributed by atoms with Crippen molar-refractivity contribution in [3.8, 4) is 11.1 Å². The maximum Gasteiger partial charge on any atom is 0.133 e. The lowest BCUT2D eigenvalue weighted by Crippen LogP contribution is -2.13. The first-order valence-corrected chi connectivity index (χ1v) is 9.01. The van der Waals surface area contributed by atoms with Gasteiger partial charge in [0.15, 0.2) is 0 Å². The van der Waals surface area contributed by atoms with Crippen molar-refractivity contribution in [2.75, 3.05) is 13.1 Å². The maximum absolute atomic E-state index is 14.0. The highest BCUT2D eigenvalue weighted by molar-refractivity contribution is 5.65. The first-order chi connectivity index (χ1) is 12.7. The van der Waals surface area contributed by atoms with Gasteiger partial charge in [0.2, 0.25) is 0 Å². The summed E-state index contributed by atoms with van der Waals surface area (Å²) in [5.41, 5.74) is 3.19. The molecule has 3 aromatic carbocycles. The zero-order chi connectivity index (χ0) is 17.9. The normalized spacial score (nSPS) is 19.6. The molecule has 1 aliphatic heterocycles. The van der Waals surface area contributed by atoms with Crippen LogP contribution < -0.4 is 5.32 Å². The van der Waals surface area contributed by atoms with E-state index < -0.39 is 11.6 Å². The van der Waals surface area contributed by atoms with E-state index in [1.807, 2.05) is 30.3 Å². The molecule has 3 aromatic rings. The number of halogens is 2. The van der Waals surface area contributed by atoms with Crippen molar-refractivity contribution in [1.82, 2.24) is 5.32 Å². The fraction of sp³-hybridized carbons (Fsp3) is 0.217. The molecule has 2 atom stereocenters. The number of benzene rings is 3. The topological polar surface area (TPSA) is 12.0 Å². The highest BCUT2D eigenvalue weighted by atomic mass is 19.1. The van der Waals surface area contributed by atoms with Crippen LogP contribution >= 0.6 is 0 Å². The molecule has 1 N–H and O–H groups in total. The van der Waals surface area contributed by atoms with E-state index in [0.717, 1.165) is 19.5 Å². The monoisotopic (exact) mass is 349 g/mol. The van der Waals surface area contributed by atoms with Gasteiger partial charge in [-0.1, -0.05) is 60.7 Å². The summed E-state index contributed by atoms with van der Waals surface area (Å²) in [6.45, 7) is 1.92. The molecule has 0 spiro atoms. The third-order valence-electron chi connectivity index (χ3n) is 5.27. The molecule has 26 heavy (non-hydrogen) atoms. The highest BCUT2D eigenvalue weighted by Gasteiger charge is 2.28. The van der Waals surface area contributed by atoms with Gasteiger partial charge in [-0.15, -0.1) is 0 Å². The summed E-state index contributed by atoms with van der Waals surface area (Å²) in [4.78, 5) is 0. The van der Waals surface area contributed by atoms with Crippen molar-refractivity contribution in [3.63, 3.8) is 0 Å². The lowest BCUT2D eigenvalue weighted by Gasteiger charge is -2.19. The van der Waals surface area contributed by atoms with E-state index in [0.29, 0.717) is 17.4 Å². The first kappa shape index (κ1) is 16.9. The minimum absolute atomic E-state index is 0.0458. The first-order valence-electron chi connectivity index (χ1n) is 9.01. The summed E-state index contributed by atoms with van der Waals surface area (Å²) in [7, 11) is 0. The van der Waals surface area contributed by atoms with Crippen LogP contribution in [0, 0.1) is 17.6 Å². The number of hydrogen-bond donors (Lipinski definition) is 1. The van der Waals surface area contributed by atoms with E-state index in [1.165, 1.54) is 29.3 Å². The van der Waals surface area contributed by atoms with E-state index in [9.17, 15) is 8.78 Å². The van der Waals surface area contributed by atoms with Gasteiger partial charge in [0.1, 0.15) is 11.6 Å². The van der Waals surface area contributed by atoms with Gasteiger partial charge in [-0.2, -0.15) is 0 Å². The Morgan fingerprint density at radius 1 is 0.769 bits per heavy atom. The third kappa shape index (κ3) is 3.40. The predicted octanol–water partition coefficient (Wildman–Crippen LogP) is 5.18. The van der Waals surface area contributed by atoms with Gasteiger partial charge in [-0.25, -0.2) is 8.78 Å². The standard InChI is InChI=1S/C23H21F2N/c24-21-7-4-8-22(25)23(21)18-11-9-17(10-12-18)20-15-26-14-19(20)13-16-5-2-1-3-6-16/h1-12,19-20,26H,13-15H2. The van der Waals surface area contributed by atoms with Crippen molar-refractivity contribution in [3.05, 3.63) is 95.6 Å². The lowest BCUT2D eigenvalue weighted by molar-refractivity contribution is 0.516. The smallest absolute Gasteiger partial charge is 0.133 e. The van der Waals surface area contributed by atoms with Gasteiger partial charge < -0.3 is 5.32 Å². The highest BCUT2D eigenvalue weighted by Crippen LogP contribution is 2.33. The zero-order valence-electron chi connectivity index (χ0n) is 14.5. The molecule has 0 bridgehead atoms. The van der Waals surface area contributed by atoms with Crippen LogP contribution in [0.4, 0.5) is 8.78 Å². The van der Waals surface area contributed by atoms with Crippen LogP contribution in [0.2, 0.25) is 0 Å². The molecule has 132 valence electrons. The van der Waals surface area contributed by atoms with Gasteiger partial charge in [0, 0.05) is 12.5 Å². The molecule has 0 aromatic heterocycles. The molecule has 1 nitrogen and oxygen atoms in total. The summed E-state index contributed by atoms with van der Waals surface area (Å²) in [6.07, 6.45) is 1.03. The fourth-order valence-corrected chi connectivity index (χ4v) is 3.93. The minimum atomic E-state index is -0.526. The average molecular weight is 349 g/mol. The van der Waals surface area contributed by atoms with Crippen LogP contribution in [0.3, 0.4) is 0 Å². The maximum atomic E-state index is 14.0. The quantitative estimate of drug-likeness (QED) is 0.684. The molecule has 0 radical (unpaired) electrons. The molecule has 1 fully saturated rings. The van der Waals surface area contributed by atoms with Crippen LogP contribution in [0.25, 0.3) is 11.1 Å². The summed E-state index contributed by atoms with van der Waals surface area (Å²) < 4.78 is 28.0. The average Bonchev–Trinajstić information content (AvgIpc) is 3.11. The molecule has 3 heteroatoms. The molecular weight excluding hydrogens is 328 g/mol. The van der Waals surface area contributed by atoms with Crippen molar-refractivity contribution in [2.24, 2.45) is 5.92 Å². The van der Waals surface area contributed by atoms with Crippen LogP contribution in [0.5, 0.6) is 0 Å². The Kier molecular flexibility index (Phi) is 4.81. The summed E-state index contributed by atoms with van der Waals surface area (Å²) in [5.74, 6) is -0.118. The Morgan fingerprint density at radius 2 is 1.46 bits per heavy atom. The number of nitrogens with one attached hydrogen (secondary N) is 1. The van der Waals surface area contributed by atoms with E-state index in [-0.39, 0.29) is 5.56 Å². The SMILES string of the molecule is Fc1cccc(F)c1-c1ccc(C2CNCC2Cc2ccccc2)cc1. The molecule has 2 unspecified atom stereocenters. The second kappa shape index (κ2) is 7.38. The molecule has 1 saturated heterocycles. The zero-order valence-corrected chi connectivity index (χ0v) is 14.5. The molecular formula is C23H21F2N. The van der Waals surface area contributed by atoms with Crippen LogP contribution in [0.1, 0.15) is 17.0 Å². The van der Waals surface area contributed by atoms with E-state index in [1.54, 1.807) is 0 Å². The molecule has 0 amide bonds. The largest absolute Gasteiger partial charge is 0.316 e. The fourth-order valence-electron chi connectivity index (χ4n) is 3.93. The molecule has 0 aliphatic carbocycles. The Hall–Kier alpha value is -2.52. The van der Waals surface area contributed by atoms with Crippen molar-refractivity contribution in [2.45, 2.75) is 12.3 Å². The van der Waals surface area contributed by atoms with Gasteiger partial charge >= 0.3 is 0 Å². The van der Waals surface area contributed by atoms with Crippen molar-refractivity contribution in [1.29, 1.82) is 0 Å². The van der Waals surface area contributed by atoms with Crippen LogP contribution in [-0.2, 0) is 6.42 Å². The summed E-state index contributed by atoms with van der Waals surface area (Å²) in [6, 6.07) is 22.2. The number of hydrogen-bond acceptors (Lipinski definition) is 1. The van der Waals surface area contributed by atoms with Crippen LogP contribution in [0.15, 0.2) is 72.8 Å². The summed E-state index contributed by atoms with van der Waals surface area (Å²) in [5, 5.41) is 3.49. The molecule has 1 aliphatic rings. The Morgan fingerprint density at radius 3 is 2.15 bits per heavy atom. The van der Waals surface area contributed by atoms with Crippen LogP contribution in [-0.4, -0.2) is 13.1 Å². The van der Waals surface area contributed by atoms with Gasteiger partial charge in [0.25, 0.3) is 0 Å². The second-order valence-electron chi connectivity index (χ2n) is 6.93. The molecule has 0 saturated carbocycles. The Bertz CT molecular complexity index is 854. The third-order valence-corrected chi connectivity index (χ3v) is 5.27. The van der Waals surface area contributed by atoms with E-state index in [2.05, 4.69) is 29.6 Å². The van der Waals surface area contributed by atoms with E-state index in [4.69, 9.17) is 0 Å². The van der Waals surface area contributed by atoms with E-state index >= 15 is 0 Å². The second-order valence-corrected chi connectivity index (χ2v) is 6.93. The Balaban J connectivity index is 1.56. The molecule has 1 heterocycles. The van der Waals surface area contributed by atoms with Gasteiger partial charge in [-0.3, -0.25) is 0 Å². The molecule has 4 rings (SSSR count). The number of rotatable bonds is 4. The van der Waals surface area contributed by atoms with Crippen molar-refractivity contribution < 1.29 is 8.78 Å². The van der Waals surface area contributed by atoms with Gasteiger partial charge in [0.05, 0.1) is 5.56 Å². The Labute approximate surface area is 152 Å².